The van der Waals surface area contributed by atoms with Gasteiger partial charge in [0.05, 0.1) is 11.8 Å². The van der Waals surface area contributed by atoms with Gasteiger partial charge in [-0.15, -0.1) is 0 Å². The van der Waals surface area contributed by atoms with E-state index in [2.05, 4.69) is 11.9 Å². The lowest BCUT2D eigenvalue weighted by molar-refractivity contribution is -0.118. The molecule has 0 bridgehead atoms. The van der Waals surface area contributed by atoms with Crippen LogP contribution in [-0.2, 0) is 4.79 Å². The highest BCUT2D eigenvalue weighted by Gasteiger charge is 2.11. The first kappa shape index (κ1) is 9.17. The third kappa shape index (κ3) is 3.25. The van der Waals surface area contributed by atoms with Crippen molar-refractivity contribution in [1.82, 2.24) is 5.32 Å². The van der Waals surface area contributed by atoms with Crippen LogP contribution in [-0.4, -0.2) is 24.0 Å². The van der Waals surface area contributed by atoms with Gasteiger partial charge in [-0.1, -0.05) is 6.58 Å². The summed E-state index contributed by atoms with van der Waals surface area (Å²) >= 11 is 0. The Morgan fingerprint density at radius 1 is 1.80 bits per heavy atom. The summed E-state index contributed by atoms with van der Waals surface area (Å²) in [5.74, 6) is 0.0484. The van der Waals surface area contributed by atoms with Crippen LogP contribution in [0, 0.1) is 0 Å². The quantitative estimate of drug-likeness (QED) is 0.567. The number of carbonyl (C=O) groups is 1. The number of aliphatic hydroxyl groups is 1. The zero-order valence-electron chi connectivity index (χ0n) is 6.35. The Labute approximate surface area is 60.7 Å². The van der Waals surface area contributed by atoms with Gasteiger partial charge in [0.25, 0.3) is 0 Å². The lowest BCUT2D eigenvalue weighted by Crippen LogP contribution is -2.32. The molecule has 2 N–H and O–H groups in total. The molecule has 0 aliphatic heterocycles. The molecule has 3 nitrogen and oxygen atoms in total. The number of hydrogen-bond donors (Lipinski definition) is 2. The van der Waals surface area contributed by atoms with Crippen LogP contribution in [0.15, 0.2) is 12.3 Å². The summed E-state index contributed by atoms with van der Waals surface area (Å²) in [4.78, 5) is 10.7. The van der Waals surface area contributed by atoms with Crippen LogP contribution < -0.4 is 5.32 Å². The van der Waals surface area contributed by atoms with E-state index in [9.17, 15) is 4.79 Å². The topological polar surface area (TPSA) is 49.3 Å². The van der Waals surface area contributed by atoms with Crippen molar-refractivity contribution in [1.29, 1.82) is 0 Å². The molecular formula is C7H13NO2. The van der Waals surface area contributed by atoms with E-state index >= 15 is 0 Å². The molecule has 0 saturated heterocycles. The van der Waals surface area contributed by atoms with E-state index in [-0.39, 0.29) is 17.6 Å². The molecular weight excluding hydrogens is 130 g/mol. The Morgan fingerprint density at radius 2 is 2.30 bits per heavy atom. The largest absolute Gasteiger partial charge is 0.513 e. The van der Waals surface area contributed by atoms with Crippen LogP contribution in [0.3, 0.4) is 0 Å². The summed E-state index contributed by atoms with van der Waals surface area (Å²) in [7, 11) is 1.68. The minimum absolute atomic E-state index is 0.0118. The Kier molecular flexibility index (Phi) is 3.72. The van der Waals surface area contributed by atoms with Crippen molar-refractivity contribution >= 4 is 5.78 Å². The minimum atomic E-state index is -0.294. The summed E-state index contributed by atoms with van der Waals surface area (Å²) in [5.41, 5.74) is 0. The van der Waals surface area contributed by atoms with Gasteiger partial charge >= 0.3 is 0 Å². The molecule has 0 spiro atoms. The third-order valence-electron chi connectivity index (χ3n) is 1.28. The molecule has 0 aliphatic carbocycles. The van der Waals surface area contributed by atoms with Gasteiger partial charge in [-0.05, 0) is 14.0 Å². The highest BCUT2D eigenvalue weighted by atomic mass is 16.3. The number of likely N-dealkylation sites (N-methyl/N-ethyl adjacent to an activating group) is 1. The molecule has 0 radical (unpaired) electrons. The molecule has 0 aliphatic rings. The first-order chi connectivity index (χ1) is 4.57. The van der Waals surface area contributed by atoms with Crippen molar-refractivity contribution in [3.05, 3.63) is 12.3 Å². The van der Waals surface area contributed by atoms with Gasteiger partial charge < -0.3 is 10.4 Å². The number of ketones is 1. The van der Waals surface area contributed by atoms with Crippen molar-refractivity contribution in [2.45, 2.75) is 19.4 Å². The molecule has 0 fully saturated rings. The highest BCUT2D eigenvalue weighted by Crippen LogP contribution is 1.99. The molecule has 0 rings (SSSR count). The molecule has 3 heteroatoms. The van der Waals surface area contributed by atoms with Crippen molar-refractivity contribution in [3.63, 3.8) is 0 Å². The van der Waals surface area contributed by atoms with Crippen LogP contribution in [0.4, 0.5) is 0 Å². The zero-order chi connectivity index (χ0) is 8.15. The first-order valence-electron chi connectivity index (χ1n) is 3.12. The monoisotopic (exact) mass is 143 g/mol. The fraction of sp³-hybridized carbons (Fsp3) is 0.571. The van der Waals surface area contributed by atoms with E-state index in [1.54, 1.807) is 7.05 Å². The number of hydrogen-bond acceptors (Lipinski definition) is 3. The van der Waals surface area contributed by atoms with Crippen molar-refractivity contribution in [2.75, 3.05) is 7.05 Å². The van der Waals surface area contributed by atoms with Gasteiger partial charge in [-0.25, -0.2) is 0 Å². The number of Topliss-reactive ketones (excluding diaryl/α,β-unsaturated/α-hetero) is 1. The predicted octanol–water partition coefficient (Wildman–Crippen LogP) is 0.625. The minimum Gasteiger partial charge on any atom is -0.513 e. The Bertz CT molecular complexity index is 143. The van der Waals surface area contributed by atoms with E-state index < -0.39 is 0 Å². The number of nitrogens with one attached hydrogen (secondary N) is 1. The smallest absolute Gasteiger partial charge is 0.147 e. The van der Waals surface area contributed by atoms with E-state index in [0.717, 1.165) is 0 Å². The average Bonchev–Trinajstić information content (AvgIpc) is 1.81. The third-order valence-corrected chi connectivity index (χ3v) is 1.28. The standard InChI is InChI=1S/C7H13NO2/c1-5(9)4-7(8-3)6(2)10/h7-9H,1,4H2,2-3H3. The van der Waals surface area contributed by atoms with Gasteiger partial charge in [0.15, 0.2) is 0 Å². The van der Waals surface area contributed by atoms with E-state index in [1.807, 2.05) is 0 Å². The maximum Gasteiger partial charge on any atom is 0.147 e. The Morgan fingerprint density at radius 3 is 2.40 bits per heavy atom. The van der Waals surface area contributed by atoms with Crippen molar-refractivity contribution in [2.24, 2.45) is 0 Å². The lowest BCUT2D eigenvalue weighted by Gasteiger charge is -2.10. The second-order valence-corrected chi connectivity index (χ2v) is 2.22. The Hall–Kier alpha value is -0.830. The molecule has 0 amide bonds. The van der Waals surface area contributed by atoms with Gasteiger partial charge in [0.2, 0.25) is 0 Å². The second-order valence-electron chi connectivity index (χ2n) is 2.22. The Balaban J connectivity index is 3.83. The summed E-state index contributed by atoms with van der Waals surface area (Å²) in [5, 5.41) is 11.5. The molecule has 1 unspecified atom stereocenters. The molecule has 0 aromatic heterocycles. The summed E-state index contributed by atoms with van der Waals surface area (Å²) < 4.78 is 0. The molecule has 0 aromatic rings. The molecule has 0 aromatic carbocycles. The number of rotatable bonds is 4. The summed E-state index contributed by atoms with van der Waals surface area (Å²) in [6, 6.07) is -0.294. The maximum absolute atomic E-state index is 10.7. The SMILES string of the molecule is C=C(O)CC(NC)C(C)=O. The van der Waals surface area contributed by atoms with Crippen molar-refractivity contribution < 1.29 is 9.90 Å². The zero-order valence-corrected chi connectivity index (χ0v) is 6.35. The van der Waals surface area contributed by atoms with Crippen LogP contribution in [0.5, 0.6) is 0 Å². The highest BCUT2D eigenvalue weighted by molar-refractivity contribution is 5.81. The van der Waals surface area contributed by atoms with Crippen LogP contribution in [0.2, 0.25) is 0 Å². The van der Waals surface area contributed by atoms with Crippen LogP contribution >= 0.6 is 0 Å². The van der Waals surface area contributed by atoms with Gasteiger partial charge in [-0.2, -0.15) is 0 Å². The summed E-state index contributed by atoms with van der Waals surface area (Å²) in [6.45, 7) is 4.76. The summed E-state index contributed by atoms with van der Waals surface area (Å²) in [6.07, 6.45) is 0.297. The fourth-order valence-electron chi connectivity index (χ4n) is 0.685. The molecule has 0 saturated carbocycles. The van der Waals surface area contributed by atoms with Crippen LogP contribution in [0.1, 0.15) is 13.3 Å². The molecule has 10 heavy (non-hydrogen) atoms. The van der Waals surface area contributed by atoms with Gasteiger partial charge in [0, 0.05) is 6.42 Å². The molecule has 0 heterocycles. The number of carbonyl (C=O) groups excluding carboxylic acids is 1. The molecule has 58 valence electrons. The normalized spacial score (nSPS) is 12.6. The number of aliphatic hydroxyl groups excluding tert-OH is 1. The predicted molar refractivity (Wildman–Crippen MR) is 39.9 cm³/mol. The lowest BCUT2D eigenvalue weighted by atomic mass is 10.1. The second kappa shape index (κ2) is 4.06. The maximum atomic E-state index is 10.7. The van der Waals surface area contributed by atoms with E-state index in [1.165, 1.54) is 6.92 Å². The fourth-order valence-corrected chi connectivity index (χ4v) is 0.685. The first-order valence-corrected chi connectivity index (χ1v) is 3.12. The van der Waals surface area contributed by atoms with Crippen LogP contribution in [0.25, 0.3) is 0 Å². The van der Waals surface area contributed by atoms with E-state index in [0.29, 0.717) is 6.42 Å². The van der Waals surface area contributed by atoms with Gasteiger partial charge in [-0.3, -0.25) is 4.79 Å². The van der Waals surface area contributed by atoms with E-state index in [4.69, 9.17) is 5.11 Å². The molecule has 1 atom stereocenters. The van der Waals surface area contributed by atoms with Crippen molar-refractivity contribution in [3.8, 4) is 0 Å². The average molecular weight is 143 g/mol. The van der Waals surface area contributed by atoms with Gasteiger partial charge in [0.1, 0.15) is 5.78 Å².